The minimum atomic E-state index is -2.38. The third-order valence-electron chi connectivity index (χ3n) is 3.10. The maximum atomic E-state index is 12.5. The van der Waals surface area contributed by atoms with Gasteiger partial charge in [0.15, 0.2) is 0 Å². The average molecular weight is 331 g/mol. The van der Waals surface area contributed by atoms with E-state index in [9.17, 15) is 19.5 Å². The number of carboxylic acids is 1. The summed E-state index contributed by atoms with van der Waals surface area (Å²) in [6, 6.07) is 0. The molecule has 0 rings (SSSR count). The first-order valence-electron chi connectivity index (χ1n) is 7.58. The molecule has 0 saturated heterocycles. The van der Waals surface area contributed by atoms with E-state index in [-0.39, 0.29) is 18.9 Å². The average Bonchev–Trinajstić information content (AvgIpc) is 2.34. The number of nitrogens with two attached hydrogens (primary N) is 1. The van der Waals surface area contributed by atoms with Crippen LogP contribution in [0.25, 0.3) is 0 Å². The molecule has 0 aliphatic rings. The van der Waals surface area contributed by atoms with Crippen LogP contribution in [0.15, 0.2) is 0 Å². The van der Waals surface area contributed by atoms with Crippen molar-refractivity contribution < 1.29 is 29.0 Å². The summed E-state index contributed by atoms with van der Waals surface area (Å²) < 4.78 is 10.4. The van der Waals surface area contributed by atoms with Crippen molar-refractivity contribution in [1.29, 1.82) is 0 Å². The zero-order valence-electron chi connectivity index (χ0n) is 15.1. The highest BCUT2D eigenvalue weighted by Crippen LogP contribution is 2.29. The molecule has 0 amide bonds. The summed E-state index contributed by atoms with van der Waals surface area (Å²) >= 11 is 0. The Kier molecular flexibility index (Phi) is 6.78. The SMILES string of the molecule is CC(C)CC(OC(=O)C(C)(C)CN)(C(=O)O)C(=O)OC(C)(C)C. The van der Waals surface area contributed by atoms with Crippen molar-refractivity contribution in [3.63, 3.8) is 0 Å². The van der Waals surface area contributed by atoms with Crippen LogP contribution in [0.5, 0.6) is 0 Å². The van der Waals surface area contributed by atoms with Crippen molar-refractivity contribution in [3.05, 3.63) is 0 Å². The van der Waals surface area contributed by atoms with Crippen molar-refractivity contribution in [1.82, 2.24) is 0 Å². The molecule has 0 bridgehead atoms. The summed E-state index contributed by atoms with van der Waals surface area (Å²) in [6.07, 6.45) is -0.191. The predicted octanol–water partition coefficient (Wildman–Crippen LogP) is 1.73. The predicted molar refractivity (Wildman–Crippen MR) is 84.6 cm³/mol. The molecule has 0 fully saturated rings. The smallest absolute Gasteiger partial charge is 0.363 e. The summed E-state index contributed by atoms with van der Waals surface area (Å²) in [6.45, 7) is 11.3. The molecule has 0 spiro atoms. The van der Waals surface area contributed by atoms with Crippen LogP contribution in [-0.4, -0.2) is 40.8 Å². The van der Waals surface area contributed by atoms with E-state index in [1.54, 1.807) is 34.6 Å². The highest BCUT2D eigenvalue weighted by molar-refractivity contribution is 6.05. The number of carbonyl (C=O) groups is 3. The Labute approximate surface area is 137 Å². The number of hydrogen-bond donors (Lipinski definition) is 2. The fraction of sp³-hybridized carbons (Fsp3) is 0.812. The molecule has 0 radical (unpaired) electrons. The van der Waals surface area contributed by atoms with Gasteiger partial charge in [-0.25, -0.2) is 9.59 Å². The van der Waals surface area contributed by atoms with Gasteiger partial charge in [-0.3, -0.25) is 4.79 Å². The van der Waals surface area contributed by atoms with Crippen LogP contribution in [0.3, 0.4) is 0 Å². The normalized spacial score (nSPS) is 15.0. The van der Waals surface area contributed by atoms with Crippen molar-refractivity contribution in [2.75, 3.05) is 6.54 Å². The van der Waals surface area contributed by atoms with Gasteiger partial charge in [0.25, 0.3) is 0 Å². The van der Waals surface area contributed by atoms with Gasteiger partial charge in [0.2, 0.25) is 0 Å². The third kappa shape index (κ3) is 5.82. The Morgan fingerprint density at radius 3 is 1.78 bits per heavy atom. The number of esters is 2. The van der Waals surface area contributed by atoms with E-state index < -0.39 is 34.5 Å². The lowest BCUT2D eigenvalue weighted by molar-refractivity contribution is -0.205. The fourth-order valence-electron chi connectivity index (χ4n) is 1.70. The molecule has 0 aliphatic carbocycles. The summed E-state index contributed by atoms with van der Waals surface area (Å²) in [5.74, 6) is -3.71. The van der Waals surface area contributed by atoms with Gasteiger partial charge in [-0.2, -0.15) is 0 Å². The molecule has 7 nitrogen and oxygen atoms in total. The van der Waals surface area contributed by atoms with Crippen molar-refractivity contribution in [3.8, 4) is 0 Å². The first-order chi connectivity index (χ1) is 10.2. The Morgan fingerprint density at radius 2 is 1.48 bits per heavy atom. The van der Waals surface area contributed by atoms with Crippen molar-refractivity contribution >= 4 is 17.9 Å². The molecular formula is C16H29NO6. The van der Waals surface area contributed by atoms with Crippen LogP contribution in [0, 0.1) is 11.3 Å². The summed E-state index contributed by atoms with van der Waals surface area (Å²) in [5.41, 5.74) is 1.11. The van der Waals surface area contributed by atoms with Gasteiger partial charge in [-0.1, -0.05) is 13.8 Å². The molecule has 7 heteroatoms. The Bertz CT molecular complexity index is 464. The second kappa shape index (κ2) is 7.29. The molecule has 1 atom stereocenters. The lowest BCUT2D eigenvalue weighted by atomic mass is 9.89. The zero-order valence-corrected chi connectivity index (χ0v) is 15.1. The highest BCUT2D eigenvalue weighted by Gasteiger charge is 2.54. The minimum Gasteiger partial charge on any atom is -0.478 e. The lowest BCUT2D eigenvalue weighted by Crippen LogP contribution is -2.55. The van der Waals surface area contributed by atoms with Crippen molar-refractivity contribution in [2.45, 2.75) is 66.1 Å². The van der Waals surface area contributed by atoms with Crippen LogP contribution < -0.4 is 5.73 Å². The van der Waals surface area contributed by atoms with Gasteiger partial charge in [-0.15, -0.1) is 0 Å². The van der Waals surface area contributed by atoms with Crippen molar-refractivity contribution in [2.24, 2.45) is 17.1 Å². The highest BCUT2D eigenvalue weighted by atomic mass is 16.6. The van der Waals surface area contributed by atoms with Gasteiger partial charge in [0.1, 0.15) is 5.60 Å². The van der Waals surface area contributed by atoms with E-state index in [0.29, 0.717) is 0 Å². The van der Waals surface area contributed by atoms with E-state index in [4.69, 9.17) is 15.2 Å². The van der Waals surface area contributed by atoms with Crippen LogP contribution in [-0.2, 0) is 23.9 Å². The van der Waals surface area contributed by atoms with Crippen LogP contribution in [0.1, 0.15) is 54.9 Å². The van der Waals surface area contributed by atoms with E-state index in [1.165, 1.54) is 13.8 Å². The van der Waals surface area contributed by atoms with Crippen LogP contribution >= 0.6 is 0 Å². The molecule has 3 N–H and O–H groups in total. The molecular weight excluding hydrogens is 302 g/mol. The van der Waals surface area contributed by atoms with Gasteiger partial charge >= 0.3 is 23.5 Å². The van der Waals surface area contributed by atoms with Crippen LogP contribution in [0.2, 0.25) is 0 Å². The monoisotopic (exact) mass is 331 g/mol. The minimum absolute atomic E-state index is 0.0441. The number of rotatable bonds is 7. The second-order valence-electron chi connectivity index (χ2n) is 7.71. The van der Waals surface area contributed by atoms with Gasteiger partial charge in [0.05, 0.1) is 5.41 Å². The molecule has 0 aromatic heterocycles. The number of carboxylic acid groups (broad SMARTS) is 1. The molecule has 23 heavy (non-hydrogen) atoms. The Hall–Kier alpha value is -1.63. The maximum absolute atomic E-state index is 12.5. The number of aliphatic carboxylic acids is 1. The standard InChI is InChI=1S/C16H29NO6/c1-10(2)8-16(11(18)19,13(21)22-14(3,4)5)23-12(20)15(6,7)9-17/h10H,8-9,17H2,1-7H3,(H,18,19). The number of carbonyl (C=O) groups excluding carboxylic acids is 2. The van der Waals surface area contributed by atoms with E-state index in [1.807, 2.05) is 0 Å². The number of hydrogen-bond acceptors (Lipinski definition) is 6. The van der Waals surface area contributed by atoms with Gasteiger partial charge in [0, 0.05) is 13.0 Å². The summed E-state index contributed by atoms with van der Waals surface area (Å²) in [7, 11) is 0. The first-order valence-corrected chi connectivity index (χ1v) is 7.58. The van der Waals surface area contributed by atoms with E-state index >= 15 is 0 Å². The third-order valence-corrected chi connectivity index (χ3v) is 3.10. The van der Waals surface area contributed by atoms with E-state index in [0.717, 1.165) is 0 Å². The first kappa shape index (κ1) is 21.4. The summed E-state index contributed by atoms with van der Waals surface area (Å²) in [5, 5.41) is 9.62. The molecule has 0 aromatic rings. The molecule has 0 aliphatic heterocycles. The van der Waals surface area contributed by atoms with Gasteiger partial charge < -0.3 is 20.3 Å². The second-order valence-corrected chi connectivity index (χ2v) is 7.71. The Morgan fingerprint density at radius 1 is 1.00 bits per heavy atom. The number of ether oxygens (including phenoxy) is 2. The van der Waals surface area contributed by atoms with Gasteiger partial charge in [-0.05, 0) is 40.5 Å². The molecule has 1 unspecified atom stereocenters. The largest absolute Gasteiger partial charge is 0.478 e. The summed E-state index contributed by atoms with van der Waals surface area (Å²) in [4.78, 5) is 36.6. The quantitative estimate of drug-likeness (QED) is 0.539. The van der Waals surface area contributed by atoms with Crippen LogP contribution in [0.4, 0.5) is 0 Å². The molecule has 134 valence electrons. The molecule has 0 heterocycles. The Balaban J connectivity index is 5.82. The van der Waals surface area contributed by atoms with E-state index in [2.05, 4.69) is 0 Å². The zero-order chi connectivity index (χ0) is 18.6. The topological polar surface area (TPSA) is 116 Å². The molecule has 0 aromatic carbocycles. The lowest BCUT2D eigenvalue weighted by Gasteiger charge is -2.34. The maximum Gasteiger partial charge on any atom is 0.363 e. The fourth-order valence-corrected chi connectivity index (χ4v) is 1.70. The molecule has 0 saturated carbocycles.